The Hall–Kier alpha value is -3.03. The zero-order chi connectivity index (χ0) is 26.0. The van der Waals surface area contributed by atoms with Gasteiger partial charge in [0.2, 0.25) is 0 Å². The fourth-order valence-corrected chi connectivity index (χ4v) is 5.61. The van der Waals surface area contributed by atoms with Crippen LogP contribution in [0.25, 0.3) is 5.76 Å². The lowest BCUT2D eigenvalue weighted by Crippen LogP contribution is -2.84. The number of fused-ring (bicyclic) bond motifs is 1. The second kappa shape index (κ2) is 10.5. The van der Waals surface area contributed by atoms with Crippen LogP contribution in [-0.4, -0.2) is 27.9 Å². The molecule has 6 nitrogen and oxygen atoms in total. The number of carbonyl (C=O) groups excluding carboxylic acids is 1. The molecule has 3 aromatic rings. The monoisotopic (exact) mass is 526 g/mol. The van der Waals surface area contributed by atoms with E-state index in [4.69, 9.17) is 0 Å². The minimum absolute atomic E-state index is 0.0974. The van der Waals surface area contributed by atoms with Gasteiger partial charge in [-0.1, -0.05) is 48.3 Å². The molecule has 9 heteroatoms. The molecule has 0 spiro atoms. The number of Topliss-reactive ketones (excluding diaryl/α,β-unsaturated/α-hetero) is 1. The number of rotatable bonds is 7. The molecule has 4 rings (SSSR count). The molecule has 7 N–H and O–H groups in total. The van der Waals surface area contributed by atoms with Gasteiger partial charge >= 0.3 is 5.84 Å². The van der Waals surface area contributed by atoms with Crippen molar-refractivity contribution in [2.24, 2.45) is 0 Å². The zero-order valence-corrected chi connectivity index (χ0v) is 22.3. The van der Waals surface area contributed by atoms with E-state index in [1.807, 2.05) is 49.6 Å². The molecular weight excluding hydrogens is 496 g/mol. The molecule has 0 aromatic heterocycles. The van der Waals surface area contributed by atoms with Gasteiger partial charge in [0, 0.05) is 29.6 Å². The molecule has 0 aliphatic heterocycles. The summed E-state index contributed by atoms with van der Waals surface area (Å²) in [6, 6.07) is 17.6. The number of aryl methyl sites for hydroxylation is 1. The molecule has 36 heavy (non-hydrogen) atoms. The lowest BCUT2D eigenvalue weighted by molar-refractivity contribution is -0.421. The summed E-state index contributed by atoms with van der Waals surface area (Å²) in [5.74, 6) is -0.472. The maximum atomic E-state index is 14.1. The number of aliphatic hydroxyl groups excluding tert-OH is 1. The van der Waals surface area contributed by atoms with Gasteiger partial charge in [0.1, 0.15) is 11.6 Å². The van der Waals surface area contributed by atoms with E-state index in [2.05, 4.69) is 15.4 Å². The number of benzene rings is 3. The Morgan fingerprint density at radius 1 is 1.19 bits per heavy atom. The molecule has 0 saturated heterocycles. The van der Waals surface area contributed by atoms with Gasteiger partial charge in [0.05, 0.1) is 5.41 Å². The smallest absolute Gasteiger partial charge is 0.377 e. The van der Waals surface area contributed by atoms with Crippen molar-refractivity contribution in [3.8, 4) is 0 Å². The predicted octanol–water partition coefficient (Wildman–Crippen LogP) is 2.17. The number of carbonyl (C=O) groups is 1. The fourth-order valence-electron chi connectivity index (χ4n) is 4.68. The number of hydrogen-bond donors (Lipinski definition) is 5. The van der Waals surface area contributed by atoms with Crippen LogP contribution in [0.1, 0.15) is 29.2 Å². The van der Waals surface area contributed by atoms with Crippen molar-refractivity contribution in [1.29, 1.82) is 0 Å². The lowest BCUT2D eigenvalue weighted by atomic mass is 9.66. The second-order valence-electron chi connectivity index (χ2n) is 9.03. The highest BCUT2D eigenvalue weighted by atomic mass is 32.2. The number of quaternary nitrogens is 1. The molecule has 0 radical (unpaired) electrons. The minimum Gasteiger partial charge on any atom is -0.506 e. The molecule has 3 aromatic carbocycles. The Morgan fingerprint density at radius 2 is 1.94 bits per heavy atom. The van der Waals surface area contributed by atoms with Gasteiger partial charge in [-0.25, -0.2) is 4.39 Å². The summed E-state index contributed by atoms with van der Waals surface area (Å²) in [4.78, 5) is 27.2. The standard InChI is InChI=1S/C27H27FN3O3PS/c1-15-12-16(8-10-20(15)28)14-27(2)19-7-5-4-6-18(19)24(32)23(25(27)33)26(29)30-21-11-9-17(31-36-3)13-22(21)35-34/h4-13,31-32,34-35H,14H2,1-3H3,(H2,29,30)/p+3. The van der Waals surface area contributed by atoms with E-state index >= 15 is 0 Å². The van der Waals surface area contributed by atoms with E-state index < -0.39 is 14.2 Å². The highest BCUT2D eigenvalue weighted by Gasteiger charge is 2.48. The van der Waals surface area contributed by atoms with E-state index in [9.17, 15) is 19.2 Å². The summed E-state index contributed by atoms with van der Waals surface area (Å²) < 4.78 is 17.0. The van der Waals surface area contributed by atoms with Gasteiger partial charge < -0.3 is 9.83 Å². The van der Waals surface area contributed by atoms with Gasteiger partial charge in [-0.15, -0.1) is 0 Å². The molecule has 186 valence electrons. The molecule has 2 atom stereocenters. The molecular formula is C27H30FN3O3PS+3. The first-order chi connectivity index (χ1) is 17.2. The molecule has 0 fully saturated rings. The molecule has 1 aliphatic rings. The van der Waals surface area contributed by atoms with Crippen LogP contribution in [0.2, 0.25) is 0 Å². The summed E-state index contributed by atoms with van der Waals surface area (Å²) in [6.07, 6.45) is 2.24. The number of amidine groups is 1. The first-order valence-electron chi connectivity index (χ1n) is 11.4. The van der Waals surface area contributed by atoms with Gasteiger partial charge in [-0.3, -0.25) is 15.4 Å². The van der Waals surface area contributed by atoms with Crippen molar-refractivity contribution in [1.82, 2.24) is 0 Å². The van der Waals surface area contributed by atoms with E-state index in [-0.39, 0.29) is 28.8 Å². The third-order valence-electron chi connectivity index (χ3n) is 6.52. The van der Waals surface area contributed by atoms with Crippen LogP contribution < -0.4 is 20.8 Å². The minimum atomic E-state index is -1.01. The van der Waals surface area contributed by atoms with Crippen LogP contribution in [0.5, 0.6) is 0 Å². The van der Waals surface area contributed by atoms with Crippen LogP contribution in [0.15, 0.2) is 66.2 Å². The Bertz CT molecular complexity index is 1410. The van der Waals surface area contributed by atoms with E-state index in [0.717, 1.165) is 11.3 Å². The van der Waals surface area contributed by atoms with Gasteiger partial charge in [-0.2, -0.15) is 4.99 Å². The molecule has 2 unspecified atom stereocenters. The van der Waals surface area contributed by atoms with Gasteiger partial charge in [-0.05, 0) is 49.1 Å². The average Bonchev–Trinajstić information content (AvgIpc) is 2.86. The maximum Gasteiger partial charge on any atom is 0.377 e. The number of halogens is 1. The molecule has 0 amide bonds. The predicted molar refractivity (Wildman–Crippen MR) is 147 cm³/mol. The second-order valence-corrected chi connectivity index (χ2v) is 10.5. The highest BCUT2D eigenvalue weighted by Crippen LogP contribution is 2.41. The van der Waals surface area contributed by atoms with Crippen LogP contribution >= 0.6 is 20.8 Å². The zero-order valence-electron chi connectivity index (χ0n) is 20.4. The first-order valence-corrected chi connectivity index (χ1v) is 13.7. The number of nitrogens with one attached hydrogen (secondary N) is 2. The molecule has 1 aliphatic carbocycles. The van der Waals surface area contributed by atoms with Crippen LogP contribution in [0, 0.1) is 12.7 Å². The summed E-state index contributed by atoms with van der Waals surface area (Å²) >= 11 is 1.45. The normalized spacial score (nSPS) is 18.2. The number of anilines is 1. The van der Waals surface area contributed by atoms with Gasteiger partial charge in [0.15, 0.2) is 25.5 Å². The van der Waals surface area contributed by atoms with E-state index in [1.165, 1.54) is 18.0 Å². The van der Waals surface area contributed by atoms with Crippen molar-refractivity contribution >= 4 is 54.8 Å². The maximum absolute atomic E-state index is 14.1. The lowest BCUT2D eigenvalue weighted by Gasteiger charge is -2.34. The largest absolute Gasteiger partial charge is 0.506 e. The fraction of sp³-hybridized carbons (Fsp3) is 0.185. The average molecular weight is 527 g/mol. The van der Waals surface area contributed by atoms with Crippen LogP contribution in [-0.2, 0) is 16.6 Å². The van der Waals surface area contributed by atoms with E-state index in [0.29, 0.717) is 34.1 Å². The quantitative estimate of drug-likeness (QED) is 0.140. The van der Waals surface area contributed by atoms with Crippen molar-refractivity contribution < 1.29 is 29.9 Å². The Morgan fingerprint density at radius 3 is 2.64 bits per heavy atom. The van der Waals surface area contributed by atoms with Crippen molar-refractivity contribution in [3.05, 3.63) is 94.3 Å². The summed E-state index contributed by atoms with van der Waals surface area (Å²) in [7, 11) is -1.01. The van der Waals surface area contributed by atoms with Crippen LogP contribution in [0.4, 0.5) is 15.8 Å². The van der Waals surface area contributed by atoms with Crippen molar-refractivity contribution in [2.45, 2.75) is 25.7 Å². The third kappa shape index (κ3) is 4.82. The van der Waals surface area contributed by atoms with Crippen molar-refractivity contribution in [2.75, 3.05) is 11.0 Å². The topological polar surface area (TPSA) is 111 Å². The Kier molecular flexibility index (Phi) is 7.62. The van der Waals surface area contributed by atoms with Gasteiger partial charge in [0.25, 0.3) is 5.69 Å². The molecule has 0 bridgehead atoms. The summed E-state index contributed by atoms with van der Waals surface area (Å²) in [5.41, 5.74) is 7.24. The van der Waals surface area contributed by atoms with E-state index in [1.54, 1.807) is 25.1 Å². The Labute approximate surface area is 215 Å². The SMILES string of the molecule is CSNc1ccc([NH+]=C([NH3+])C2=C(O)c3ccccc3C(C)(Cc3ccc(F)c(C)c3)C2=O)c([PH2+]O)c1. The molecule has 0 saturated carbocycles. The molecule has 0 heterocycles. The number of hydrogen-bond acceptors (Lipinski definition) is 5. The van der Waals surface area contributed by atoms with Crippen molar-refractivity contribution in [3.63, 3.8) is 0 Å². The van der Waals surface area contributed by atoms with Crippen LogP contribution in [0.3, 0.4) is 0 Å². The Balaban J connectivity index is 1.82. The number of ketones is 1. The summed E-state index contributed by atoms with van der Waals surface area (Å²) in [6.45, 7) is 3.54. The number of aliphatic hydroxyl groups is 1. The first kappa shape index (κ1) is 26.0. The summed E-state index contributed by atoms with van der Waals surface area (Å²) in [5, 5.41) is 11.9. The highest BCUT2D eigenvalue weighted by molar-refractivity contribution is 7.99. The third-order valence-corrected chi connectivity index (χ3v) is 7.72.